The van der Waals surface area contributed by atoms with Crippen LogP contribution in [-0.4, -0.2) is 34.3 Å². The van der Waals surface area contributed by atoms with Crippen LogP contribution in [0.15, 0.2) is 0 Å². The highest BCUT2D eigenvalue weighted by Crippen LogP contribution is 2.51. The molecule has 2 fully saturated rings. The fourth-order valence-corrected chi connectivity index (χ4v) is 3.83. The summed E-state index contributed by atoms with van der Waals surface area (Å²) in [4.78, 5) is 11.9. The number of cyclic esters (lactones) is 1. The summed E-state index contributed by atoms with van der Waals surface area (Å²) in [7, 11) is 0. The highest BCUT2D eigenvalue weighted by molar-refractivity contribution is 7.88. The number of rotatable bonds is 2. The summed E-state index contributed by atoms with van der Waals surface area (Å²) in [5.41, 5.74) is -1.50. The zero-order valence-corrected chi connectivity index (χ0v) is 11.4. The van der Waals surface area contributed by atoms with Crippen molar-refractivity contribution in [3.8, 4) is 0 Å². The molecular formula is C11H17F2NO3S. The predicted octanol–water partition coefficient (Wildman–Crippen LogP) is 1.23. The third-order valence-corrected chi connectivity index (χ3v) is 4.68. The van der Waals surface area contributed by atoms with Gasteiger partial charge in [0.2, 0.25) is 0 Å². The van der Waals surface area contributed by atoms with E-state index in [1.165, 1.54) is 13.2 Å². The molecule has 0 aromatic carbocycles. The fraction of sp³-hybridized carbons (Fsp3) is 0.909. The second-order valence-electron chi connectivity index (χ2n) is 5.32. The van der Waals surface area contributed by atoms with E-state index >= 15 is 0 Å². The van der Waals surface area contributed by atoms with E-state index in [9.17, 15) is 18.1 Å². The van der Waals surface area contributed by atoms with E-state index < -0.39 is 47.2 Å². The molecule has 4 nitrogen and oxygen atoms in total. The molecule has 1 saturated heterocycles. The van der Waals surface area contributed by atoms with Crippen molar-refractivity contribution in [1.29, 1.82) is 0 Å². The molecule has 0 amide bonds. The van der Waals surface area contributed by atoms with Crippen LogP contribution in [0.1, 0.15) is 26.7 Å². The van der Waals surface area contributed by atoms with Gasteiger partial charge < -0.3 is 9.29 Å². The number of esters is 1. The van der Waals surface area contributed by atoms with Gasteiger partial charge in [-0.3, -0.25) is 0 Å². The quantitative estimate of drug-likeness (QED) is 0.611. The van der Waals surface area contributed by atoms with Crippen molar-refractivity contribution in [3.63, 3.8) is 0 Å². The summed E-state index contributed by atoms with van der Waals surface area (Å²) >= 11 is -1.55. The Balaban J connectivity index is 2.37. The average Bonchev–Trinajstić information content (AvgIpc) is 2.40. The normalized spacial score (nSPS) is 44.3. The maximum absolute atomic E-state index is 13.9. The second kappa shape index (κ2) is 4.31. The van der Waals surface area contributed by atoms with Crippen molar-refractivity contribution in [2.45, 2.75) is 44.3 Å². The Kier molecular flexibility index (Phi) is 3.36. The van der Waals surface area contributed by atoms with Gasteiger partial charge in [-0.05, 0) is 13.3 Å². The number of alkyl halides is 2. The lowest BCUT2D eigenvalue weighted by Crippen LogP contribution is -2.63. The van der Waals surface area contributed by atoms with E-state index in [4.69, 9.17) is 4.74 Å². The Morgan fingerprint density at radius 1 is 1.50 bits per heavy atom. The Bertz CT molecular complexity index is 366. The molecule has 5 unspecified atom stereocenters. The number of carbonyl (C=O) groups excluding carboxylic acids is 1. The lowest BCUT2D eigenvalue weighted by atomic mass is 9.67. The van der Waals surface area contributed by atoms with Crippen LogP contribution in [0, 0.1) is 11.8 Å². The Morgan fingerprint density at radius 2 is 2.11 bits per heavy atom. The first kappa shape index (κ1) is 14.0. The van der Waals surface area contributed by atoms with Crippen LogP contribution in [0.25, 0.3) is 0 Å². The third kappa shape index (κ3) is 2.02. The molecule has 104 valence electrons. The summed E-state index contributed by atoms with van der Waals surface area (Å²) in [6, 6.07) is 0. The summed E-state index contributed by atoms with van der Waals surface area (Å²) < 4.78 is 46.7. The number of hydrogen-bond donors (Lipinski definition) is 1. The molecule has 7 heteroatoms. The zero-order chi connectivity index (χ0) is 13.7. The molecule has 1 heterocycles. The first-order valence-electron chi connectivity index (χ1n) is 5.89. The van der Waals surface area contributed by atoms with E-state index in [1.54, 1.807) is 6.92 Å². The monoisotopic (exact) mass is 281 g/mol. The fourth-order valence-electron chi connectivity index (χ4n) is 3.01. The number of halogens is 2. The van der Waals surface area contributed by atoms with Crippen molar-refractivity contribution in [2.24, 2.45) is 11.8 Å². The van der Waals surface area contributed by atoms with Crippen LogP contribution in [0.5, 0.6) is 0 Å². The number of hydrogen-bond acceptors (Lipinski definition) is 4. The van der Waals surface area contributed by atoms with E-state index in [2.05, 4.69) is 4.72 Å². The molecule has 1 aliphatic heterocycles. The second-order valence-corrected chi connectivity index (χ2v) is 6.43. The molecule has 5 atom stereocenters. The summed E-state index contributed by atoms with van der Waals surface area (Å²) in [6.07, 6.45) is 0.448. The molecule has 2 rings (SSSR count). The maximum atomic E-state index is 13.9. The molecule has 2 aliphatic rings. The van der Waals surface area contributed by atoms with Crippen LogP contribution in [0.4, 0.5) is 8.78 Å². The van der Waals surface area contributed by atoms with Gasteiger partial charge in [0.1, 0.15) is 12.4 Å². The highest BCUT2D eigenvalue weighted by Gasteiger charge is 2.66. The smallest absolute Gasteiger partial charge is 0.331 e. The van der Waals surface area contributed by atoms with Crippen LogP contribution >= 0.6 is 0 Å². The third-order valence-electron chi connectivity index (χ3n) is 4.03. The lowest BCUT2D eigenvalue weighted by Gasteiger charge is -2.42. The lowest BCUT2D eigenvalue weighted by molar-refractivity contribution is -0.153. The summed E-state index contributed by atoms with van der Waals surface area (Å²) in [5, 5.41) is 0. The number of nitrogens with one attached hydrogen (secondary N) is 1. The van der Waals surface area contributed by atoms with Crippen LogP contribution < -0.4 is 4.72 Å². The van der Waals surface area contributed by atoms with E-state index in [-0.39, 0.29) is 12.3 Å². The van der Waals surface area contributed by atoms with E-state index in [1.807, 2.05) is 0 Å². The average molecular weight is 281 g/mol. The van der Waals surface area contributed by atoms with Gasteiger partial charge in [-0.25, -0.2) is 13.6 Å². The molecule has 0 radical (unpaired) electrons. The number of fused-ring (bicyclic) bond motifs is 1. The molecule has 1 aliphatic carbocycles. The van der Waals surface area contributed by atoms with Gasteiger partial charge in [0.25, 0.3) is 5.92 Å². The molecule has 18 heavy (non-hydrogen) atoms. The van der Waals surface area contributed by atoms with Crippen LogP contribution in [-0.2, 0) is 20.9 Å². The van der Waals surface area contributed by atoms with Gasteiger partial charge in [0.15, 0.2) is 5.54 Å². The Labute approximate surface area is 108 Å². The van der Waals surface area contributed by atoms with Gasteiger partial charge in [0.05, 0.1) is 0 Å². The Morgan fingerprint density at radius 3 is 2.67 bits per heavy atom. The summed E-state index contributed by atoms with van der Waals surface area (Å²) in [5.74, 6) is -4.82. The highest BCUT2D eigenvalue weighted by atomic mass is 32.2. The molecule has 0 aromatic heterocycles. The van der Waals surface area contributed by atoms with E-state index in [0.717, 1.165) is 0 Å². The molecular weight excluding hydrogens is 264 g/mol. The van der Waals surface area contributed by atoms with Crippen LogP contribution in [0.3, 0.4) is 0 Å². The predicted molar refractivity (Wildman–Crippen MR) is 62.3 cm³/mol. The molecule has 1 saturated carbocycles. The molecule has 0 aromatic rings. The number of carbonyl (C=O) groups is 1. The zero-order valence-electron chi connectivity index (χ0n) is 10.5. The maximum Gasteiger partial charge on any atom is 0.331 e. The Hall–Kier alpha value is -0.400. The van der Waals surface area contributed by atoms with Crippen molar-refractivity contribution in [1.82, 2.24) is 4.72 Å². The standard InChI is InChI=1S/C11H17F2NO3S/c1-6-4-8-7(2)17-9(15)10(8,14-18(3)16)5-11(6,12)13/h6-8,14H,4-5H2,1-3H3. The first-order valence-corrected chi connectivity index (χ1v) is 7.45. The largest absolute Gasteiger partial charge is 0.598 e. The van der Waals surface area contributed by atoms with Crippen molar-refractivity contribution < 1.29 is 22.9 Å². The molecule has 0 spiro atoms. The minimum absolute atomic E-state index is 0.185. The van der Waals surface area contributed by atoms with Gasteiger partial charge in [-0.2, -0.15) is 0 Å². The van der Waals surface area contributed by atoms with Gasteiger partial charge in [0, 0.05) is 29.6 Å². The van der Waals surface area contributed by atoms with Gasteiger partial charge >= 0.3 is 5.97 Å². The molecule has 1 N–H and O–H groups in total. The van der Waals surface area contributed by atoms with Crippen molar-refractivity contribution in [3.05, 3.63) is 0 Å². The summed E-state index contributed by atoms with van der Waals surface area (Å²) in [6.45, 7) is 3.17. The van der Waals surface area contributed by atoms with Crippen molar-refractivity contribution >= 4 is 17.3 Å². The van der Waals surface area contributed by atoms with Gasteiger partial charge in [-0.1, -0.05) is 6.92 Å². The van der Waals surface area contributed by atoms with Crippen LogP contribution in [0.2, 0.25) is 0 Å². The van der Waals surface area contributed by atoms with Gasteiger partial charge in [-0.15, -0.1) is 4.72 Å². The SMILES string of the molecule is CC1OC(=O)C2(N[S+](C)[O-])CC(F)(F)C(C)CC12. The molecule has 0 bridgehead atoms. The van der Waals surface area contributed by atoms with E-state index in [0.29, 0.717) is 0 Å². The number of ether oxygens (including phenoxy) is 1. The minimum atomic E-state index is -2.95. The first-order chi connectivity index (χ1) is 8.19. The van der Waals surface area contributed by atoms with Crippen molar-refractivity contribution in [2.75, 3.05) is 6.26 Å². The minimum Gasteiger partial charge on any atom is -0.598 e. The topological polar surface area (TPSA) is 61.4 Å².